The van der Waals surface area contributed by atoms with Crippen molar-refractivity contribution in [2.45, 2.75) is 39.2 Å². The molecule has 0 N–H and O–H groups in total. The first-order valence-electron chi connectivity index (χ1n) is 5.00. The van der Waals surface area contributed by atoms with Crippen LogP contribution in [0.2, 0.25) is 0 Å². The van der Waals surface area contributed by atoms with Crippen LogP contribution >= 0.6 is 23.2 Å². The van der Waals surface area contributed by atoms with Crippen LogP contribution in [0.15, 0.2) is 0 Å². The van der Waals surface area contributed by atoms with Crippen molar-refractivity contribution in [3.8, 4) is 0 Å². The van der Waals surface area contributed by atoms with Crippen LogP contribution in [0, 0.1) is 0 Å². The van der Waals surface area contributed by atoms with Crippen molar-refractivity contribution in [3.05, 3.63) is 0 Å². The van der Waals surface area contributed by atoms with Crippen molar-refractivity contribution in [3.63, 3.8) is 0 Å². The second-order valence-electron chi connectivity index (χ2n) is 3.31. The van der Waals surface area contributed by atoms with Gasteiger partial charge < -0.3 is 4.90 Å². The lowest BCUT2D eigenvalue weighted by molar-refractivity contribution is -0.136. The van der Waals surface area contributed by atoms with E-state index in [2.05, 4.69) is 0 Å². The van der Waals surface area contributed by atoms with Crippen LogP contribution in [-0.4, -0.2) is 34.5 Å². The van der Waals surface area contributed by atoms with E-state index in [0.29, 0.717) is 6.42 Å². The molecule has 0 radical (unpaired) electrons. The quantitative estimate of drug-likeness (QED) is 0.709. The van der Waals surface area contributed by atoms with Gasteiger partial charge in [-0.25, -0.2) is 0 Å². The molecule has 0 aliphatic carbocycles. The van der Waals surface area contributed by atoms with Crippen LogP contribution in [0.4, 0.5) is 0 Å². The minimum absolute atomic E-state index is 0.104. The van der Waals surface area contributed by atoms with Crippen molar-refractivity contribution in [2.75, 3.05) is 11.9 Å². The van der Waals surface area contributed by atoms with E-state index in [-0.39, 0.29) is 23.1 Å². The Balaban J connectivity index is 0.000000583. The molecule has 0 aromatic heterocycles. The Morgan fingerprint density at radius 2 is 1.93 bits per heavy atom. The lowest BCUT2D eigenvalue weighted by Crippen LogP contribution is -2.39. The summed E-state index contributed by atoms with van der Waals surface area (Å²) < 4.78 is 0. The molecule has 1 amide bonds. The lowest BCUT2D eigenvalue weighted by Gasteiger charge is -2.21. The smallest absolute Gasteiger partial charge is 0.222 e. The van der Waals surface area contributed by atoms with Crippen LogP contribution in [0.1, 0.15) is 33.1 Å². The number of Topliss-reactive ketones (excluding diaryl/α,β-unsaturated/α-hetero) is 1. The Hall–Kier alpha value is -0.280. The van der Waals surface area contributed by atoms with Gasteiger partial charge in [0.15, 0.2) is 5.78 Å². The number of carbonyl (C=O) groups is 2. The Labute approximate surface area is 101 Å². The maximum Gasteiger partial charge on any atom is 0.222 e. The predicted octanol–water partition coefficient (Wildman–Crippen LogP) is 2.40. The number of alkyl halides is 2. The van der Waals surface area contributed by atoms with Gasteiger partial charge in [-0.05, 0) is 19.8 Å². The van der Waals surface area contributed by atoms with Crippen LogP contribution in [0.5, 0.6) is 0 Å². The summed E-state index contributed by atoms with van der Waals surface area (Å²) in [6, 6.07) is -0.127. The number of ketones is 1. The van der Waals surface area contributed by atoms with Crippen molar-refractivity contribution < 1.29 is 9.59 Å². The Bertz CT molecular complexity index is 221. The van der Waals surface area contributed by atoms with E-state index in [1.807, 2.05) is 6.92 Å². The molecule has 1 saturated heterocycles. The van der Waals surface area contributed by atoms with Crippen LogP contribution in [-0.2, 0) is 9.59 Å². The zero-order valence-electron chi connectivity index (χ0n) is 9.13. The van der Waals surface area contributed by atoms with Gasteiger partial charge in [0.05, 0.1) is 11.4 Å². The molecule has 1 atom stereocenters. The number of carbonyl (C=O) groups excluding carboxylic acids is 2. The zero-order valence-corrected chi connectivity index (χ0v) is 10.6. The maximum absolute atomic E-state index is 11.3. The molecule has 15 heavy (non-hydrogen) atoms. The van der Waals surface area contributed by atoms with E-state index in [0.717, 1.165) is 19.4 Å². The number of nitrogens with zero attached hydrogens (tertiary/aromatic N) is 1. The third kappa shape index (κ3) is 4.85. The van der Waals surface area contributed by atoms with Crippen LogP contribution in [0.25, 0.3) is 0 Å². The van der Waals surface area contributed by atoms with E-state index in [1.165, 1.54) is 0 Å². The number of rotatable bonds is 2. The molecule has 1 rings (SSSR count). The molecule has 0 spiro atoms. The average molecular weight is 254 g/mol. The molecule has 0 aromatic carbocycles. The monoisotopic (exact) mass is 253 g/mol. The van der Waals surface area contributed by atoms with Gasteiger partial charge in [-0.15, -0.1) is 23.2 Å². The first-order valence-corrected chi connectivity index (χ1v) is 6.07. The minimum Gasteiger partial charge on any atom is -0.333 e. The Morgan fingerprint density at radius 3 is 2.33 bits per heavy atom. The van der Waals surface area contributed by atoms with Crippen molar-refractivity contribution in [1.82, 2.24) is 4.90 Å². The number of likely N-dealkylation sites (tertiary alicyclic amines) is 1. The molecule has 88 valence electrons. The molecular formula is C10H17Cl2NO2. The van der Waals surface area contributed by atoms with Gasteiger partial charge >= 0.3 is 0 Å². The fourth-order valence-corrected chi connectivity index (χ4v) is 1.69. The summed E-state index contributed by atoms with van der Waals surface area (Å²) in [4.78, 5) is 24.1. The molecule has 0 aromatic rings. The molecular weight excluding hydrogens is 237 g/mol. The number of hydrogen-bond donors (Lipinski definition) is 0. The van der Waals surface area contributed by atoms with E-state index in [1.54, 1.807) is 11.8 Å². The zero-order chi connectivity index (χ0) is 11.8. The van der Waals surface area contributed by atoms with E-state index < -0.39 is 0 Å². The standard InChI is InChI=1S/C9H15NO2.CH2Cl2/c1-3-9(12)10-6-4-5-8(10)7(2)11;2-1-3/h8H,3-6H2,1-2H3;1H2. The summed E-state index contributed by atoms with van der Waals surface area (Å²) in [5.74, 6) is 0.224. The Morgan fingerprint density at radius 1 is 1.40 bits per heavy atom. The van der Waals surface area contributed by atoms with Crippen LogP contribution in [0.3, 0.4) is 0 Å². The van der Waals surface area contributed by atoms with Gasteiger partial charge in [0.2, 0.25) is 5.91 Å². The maximum atomic E-state index is 11.3. The highest BCUT2D eigenvalue weighted by molar-refractivity contribution is 6.40. The molecule has 3 nitrogen and oxygen atoms in total. The molecule has 1 fully saturated rings. The van der Waals surface area contributed by atoms with Gasteiger partial charge in [0.1, 0.15) is 0 Å². The molecule has 1 unspecified atom stereocenters. The van der Waals surface area contributed by atoms with E-state index >= 15 is 0 Å². The summed E-state index contributed by atoms with van der Waals surface area (Å²) in [7, 11) is 0. The first-order chi connectivity index (χ1) is 7.08. The lowest BCUT2D eigenvalue weighted by atomic mass is 10.1. The average Bonchev–Trinajstić information content (AvgIpc) is 2.66. The highest BCUT2D eigenvalue weighted by Crippen LogP contribution is 2.18. The molecule has 1 aliphatic heterocycles. The predicted molar refractivity (Wildman–Crippen MR) is 62.3 cm³/mol. The Kier molecular flexibility index (Phi) is 7.79. The largest absolute Gasteiger partial charge is 0.333 e. The van der Waals surface area contributed by atoms with Crippen molar-refractivity contribution >= 4 is 34.9 Å². The number of hydrogen-bond acceptors (Lipinski definition) is 2. The van der Waals surface area contributed by atoms with Gasteiger partial charge in [0, 0.05) is 13.0 Å². The fourth-order valence-electron chi connectivity index (χ4n) is 1.69. The normalized spacial score (nSPS) is 19.5. The highest BCUT2D eigenvalue weighted by Gasteiger charge is 2.30. The van der Waals surface area contributed by atoms with E-state index in [4.69, 9.17) is 23.2 Å². The fraction of sp³-hybridized carbons (Fsp3) is 0.800. The molecule has 1 aliphatic rings. The summed E-state index contributed by atoms with van der Waals surface area (Å²) in [5.41, 5.74) is 0. The second-order valence-corrected chi connectivity index (χ2v) is 4.12. The third-order valence-electron chi connectivity index (χ3n) is 2.34. The summed E-state index contributed by atoms with van der Waals surface area (Å²) in [5, 5.41) is 0.194. The first kappa shape index (κ1) is 14.7. The van der Waals surface area contributed by atoms with Crippen LogP contribution < -0.4 is 0 Å². The van der Waals surface area contributed by atoms with Gasteiger partial charge in [-0.3, -0.25) is 9.59 Å². The second kappa shape index (κ2) is 7.94. The minimum atomic E-state index is -0.127. The summed E-state index contributed by atoms with van der Waals surface area (Å²) in [6.07, 6.45) is 2.32. The summed E-state index contributed by atoms with van der Waals surface area (Å²) in [6.45, 7) is 4.15. The van der Waals surface area contributed by atoms with Gasteiger partial charge in [-0.1, -0.05) is 6.92 Å². The summed E-state index contributed by atoms with van der Waals surface area (Å²) >= 11 is 9.53. The van der Waals surface area contributed by atoms with Gasteiger partial charge in [0.25, 0.3) is 0 Å². The SMILES string of the molecule is CCC(=O)N1CCCC1C(C)=O.ClCCl. The molecule has 1 heterocycles. The third-order valence-corrected chi connectivity index (χ3v) is 2.34. The number of halogens is 2. The van der Waals surface area contributed by atoms with E-state index in [9.17, 15) is 9.59 Å². The van der Waals surface area contributed by atoms with Crippen molar-refractivity contribution in [1.29, 1.82) is 0 Å². The number of amides is 1. The topological polar surface area (TPSA) is 37.4 Å². The highest BCUT2D eigenvalue weighted by atomic mass is 35.5. The molecule has 0 saturated carbocycles. The van der Waals surface area contributed by atoms with Crippen molar-refractivity contribution in [2.24, 2.45) is 0 Å². The van der Waals surface area contributed by atoms with Gasteiger partial charge in [-0.2, -0.15) is 0 Å². The molecule has 0 bridgehead atoms. The molecule has 5 heteroatoms.